The van der Waals surface area contributed by atoms with Gasteiger partial charge >= 0.3 is 5.38 Å². The summed E-state index contributed by atoms with van der Waals surface area (Å²) >= 11 is 4.64. The molecule has 1 unspecified atom stereocenters. The second-order valence-electron chi connectivity index (χ2n) is 2.84. The fourth-order valence-corrected chi connectivity index (χ4v) is 1.01. The molecule has 14 heavy (non-hydrogen) atoms. The number of hydrogen-bond acceptors (Lipinski definition) is 3. The van der Waals surface area contributed by atoms with E-state index in [1.165, 1.54) is 18.5 Å². The van der Waals surface area contributed by atoms with Crippen LogP contribution in [-0.4, -0.2) is 21.6 Å². The van der Waals surface area contributed by atoms with Crippen LogP contribution in [0.25, 0.3) is 0 Å². The molecule has 1 aromatic heterocycles. The lowest BCUT2D eigenvalue weighted by molar-refractivity contribution is -0.0397. The van der Waals surface area contributed by atoms with Gasteiger partial charge in [0.1, 0.15) is 6.10 Å². The van der Waals surface area contributed by atoms with E-state index in [1.54, 1.807) is 0 Å². The molecule has 0 fully saturated rings. The van der Waals surface area contributed by atoms with E-state index < -0.39 is 11.5 Å². The molecule has 0 aromatic carbocycles. The van der Waals surface area contributed by atoms with Crippen molar-refractivity contribution in [1.82, 2.24) is 4.98 Å². The Hall–Kier alpha value is -0.940. The van der Waals surface area contributed by atoms with Crippen molar-refractivity contribution >= 4 is 17.3 Å². The molecule has 0 saturated carbocycles. The van der Waals surface area contributed by atoms with Gasteiger partial charge in [-0.1, -0.05) is 0 Å². The number of nitrogens with zero attached hydrogens (tertiary/aromatic N) is 1. The van der Waals surface area contributed by atoms with Crippen LogP contribution in [0.5, 0.6) is 0 Å². The number of halogens is 3. The summed E-state index contributed by atoms with van der Waals surface area (Å²) in [4.78, 5) is 3.70. The predicted octanol–water partition coefficient (Wildman–Crippen LogP) is 1.40. The first-order chi connectivity index (χ1) is 6.41. The zero-order valence-corrected chi connectivity index (χ0v) is 7.88. The molecule has 1 heterocycles. The molecule has 0 aliphatic carbocycles. The number of pyridine rings is 1. The molecule has 0 amide bonds. The maximum atomic E-state index is 12.4. The smallest absolute Gasteiger partial charge is 0.347 e. The van der Waals surface area contributed by atoms with Gasteiger partial charge in [0.05, 0.1) is 0 Å². The standard InChI is InChI=1S/C8H9ClF2N2O/c9-8(10,11)7(14)3-5-4-13-2-1-6(5)12/h1-2,4,7,14H,3H2,(H2,12,13). The van der Waals surface area contributed by atoms with Gasteiger partial charge in [0, 0.05) is 24.5 Å². The summed E-state index contributed by atoms with van der Waals surface area (Å²) in [7, 11) is 0. The highest BCUT2D eigenvalue weighted by molar-refractivity contribution is 6.22. The number of aliphatic hydroxyl groups is 1. The second-order valence-corrected chi connectivity index (χ2v) is 3.34. The normalized spacial score (nSPS) is 14.0. The average molecular weight is 223 g/mol. The molecule has 3 nitrogen and oxygen atoms in total. The Morgan fingerprint density at radius 3 is 2.79 bits per heavy atom. The van der Waals surface area contributed by atoms with Gasteiger partial charge in [0.2, 0.25) is 0 Å². The molecule has 1 rings (SSSR count). The molecule has 78 valence electrons. The minimum Gasteiger partial charge on any atom is -0.398 e. The van der Waals surface area contributed by atoms with Gasteiger partial charge in [0.25, 0.3) is 0 Å². The van der Waals surface area contributed by atoms with Crippen molar-refractivity contribution < 1.29 is 13.9 Å². The van der Waals surface area contributed by atoms with Crippen LogP contribution in [0.15, 0.2) is 18.5 Å². The molecule has 1 aromatic rings. The van der Waals surface area contributed by atoms with Crippen LogP contribution in [0.3, 0.4) is 0 Å². The van der Waals surface area contributed by atoms with E-state index >= 15 is 0 Å². The third-order valence-corrected chi connectivity index (χ3v) is 1.98. The van der Waals surface area contributed by atoms with E-state index in [0.29, 0.717) is 11.3 Å². The minimum atomic E-state index is -3.65. The van der Waals surface area contributed by atoms with Crippen molar-refractivity contribution in [3.63, 3.8) is 0 Å². The quantitative estimate of drug-likeness (QED) is 0.760. The lowest BCUT2D eigenvalue weighted by atomic mass is 10.1. The highest BCUT2D eigenvalue weighted by Crippen LogP contribution is 2.26. The molecule has 6 heteroatoms. The first-order valence-electron chi connectivity index (χ1n) is 3.84. The average Bonchev–Trinajstić information content (AvgIpc) is 2.07. The molecule has 1 atom stereocenters. The fraction of sp³-hybridized carbons (Fsp3) is 0.375. The number of alkyl halides is 3. The van der Waals surface area contributed by atoms with Crippen molar-refractivity contribution in [3.05, 3.63) is 24.0 Å². The molecule has 0 saturated heterocycles. The summed E-state index contributed by atoms with van der Waals surface area (Å²) in [5.74, 6) is 0. The summed E-state index contributed by atoms with van der Waals surface area (Å²) in [6.07, 6.45) is 0.470. The van der Waals surface area contributed by atoms with Crippen LogP contribution in [0.4, 0.5) is 14.5 Å². The number of nitrogens with two attached hydrogens (primary N) is 1. The van der Waals surface area contributed by atoms with Crippen molar-refractivity contribution in [3.8, 4) is 0 Å². The Kier molecular flexibility index (Phi) is 3.23. The van der Waals surface area contributed by atoms with Crippen molar-refractivity contribution in [2.45, 2.75) is 17.9 Å². The summed E-state index contributed by atoms with van der Waals surface area (Å²) < 4.78 is 24.8. The zero-order chi connectivity index (χ0) is 10.8. The fourth-order valence-electron chi connectivity index (χ4n) is 0.933. The Morgan fingerprint density at radius 1 is 1.64 bits per heavy atom. The highest BCUT2D eigenvalue weighted by atomic mass is 35.5. The van der Waals surface area contributed by atoms with Crippen LogP contribution < -0.4 is 5.73 Å². The first kappa shape index (κ1) is 11.1. The number of aromatic nitrogens is 1. The molecule has 0 aliphatic heterocycles. The van der Waals surface area contributed by atoms with E-state index in [2.05, 4.69) is 16.6 Å². The van der Waals surface area contributed by atoms with Crippen LogP contribution in [0, 0.1) is 0 Å². The van der Waals surface area contributed by atoms with E-state index in [0.717, 1.165) is 0 Å². The summed E-state index contributed by atoms with van der Waals surface area (Å²) in [5, 5.41) is 5.35. The Balaban J connectivity index is 2.75. The molecule has 3 N–H and O–H groups in total. The van der Waals surface area contributed by atoms with Gasteiger partial charge in [-0.2, -0.15) is 8.78 Å². The Morgan fingerprint density at radius 2 is 2.29 bits per heavy atom. The molecule has 0 spiro atoms. The molecule has 0 radical (unpaired) electrons. The first-order valence-corrected chi connectivity index (χ1v) is 4.22. The monoisotopic (exact) mass is 222 g/mol. The maximum absolute atomic E-state index is 12.4. The predicted molar refractivity (Wildman–Crippen MR) is 49.2 cm³/mol. The van der Waals surface area contributed by atoms with Crippen LogP contribution >= 0.6 is 11.6 Å². The summed E-state index contributed by atoms with van der Waals surface area (Å²) in [6.45, 7) is 0. The highest BCUT2D eigenvalue weighted by Gasteiger charge is 2.35. The van der Waals surface area contributed by atoms with Gasteiger partial charge in [0.15, 0.2) is 0 Å². The Bertz CT molecular complexity index is 316. The van der Waals surface area contributed by atoms with Crippen molar-refractivity contribution in [2.75, 3.05) is 5.73 Å². The second kappa shape index (κ2) is 4.06. The third-order valence-electron chi connectivity index (χ3n) is 1.73. The van der Waals surface area contributed by atoms with Gasteiger partial charge in [-0.3, -0.25) is 4.98 Å². The zero-order valence-electron chi connectivity index (χ0n) is 7.12. The lowest BCUT2D eigenvalue weighted by Crippen LogP contribution is -2.29. The molecule has 0 bridgehead atoms. The van der Waals surface area contributed by atoms with E-state index in [4.69, 9.17) is 10.8 Å². The van der Waals surface area contributed by atoms with E-state index in [9.17, 15) is 8.78 Å². The van der Waals surface area contributed by atoms with Crippen LogP contribution in [0.1, 0.15) is 5.56 Å². The van der Waals surface area contributed by atoms with Crippen molar-refractivity contribution in [1.29, 1.82) is 0 Å². The number of rotatable bonds is 3. The van der Waals surface area contributed by atoms with Gasteiger partial charge in [-0.25, -0.2) is 0 Å². The molecule has 0 aliphatic rings. The molecular formula is C8H9ClF2N2O. The number of nitrogen functional groups attached to an aromatic ring is 1. The van der Waals surface area contributed by atoms with E-state index in [-0.39, 0.29) is 6.42 Å². The van der Waals surface area contributed by atoms with Gasteiger partial charge < -0.3 is 10.8 Å². The van der Waals surface area contributed by atoms with Crippen LogP contribution in [-0.2, 0) is 6.42 Å². The van der Waals surface area contributed by atoms with Gasteiger partial charge in [-0.15, -0.1) is 0 Å². The largest absolute Gasteiger partial charge is 0.398 e. The molecular weight excluding hydrogens is 214 g/mol. The maximum Gasteiger partial charge on any atom is 0.347 e. The number of anilines is 1. The van der Waals surface area contributed by atoms with Crippen molar-refractivity contribution in [2.24, 2.45) is 0 Å². The topological polar surface area (TPSA) is 59.1 Å². The summed E-state index contributed by atoms with van der Waals surface area (Å²) in [6, 6.07) is 1.47. The Labute approximate surface area is 84.5 Å². The number of aliphatic hydroxyl groups excluding tert-OH is 1. The van der Waals surface area contributed by atoms with Gasteiger partial charge in [-0.05, 0) is 23.2 Å². The van der Waals surface area contributed by atoms with E-state index in [1.807, 2.05) is 0 Å². The van der Waals surface area contributed by atoms with Crippen LogP contribution in [0.2, 0.25) is 0 Å². The third kappa shape index (κ3) is 2.78. The lowest BCUT2D eigenvalue weighted by Gasteiger charge is -2.16. The summed E-state index contributed by atoms with van der Waals surface area (Å²) in [5.41, 5.74) is 6.13. The minimum absolute atomic E-state index is 0.306. The number of hydrogen-bond donors (Lipinski definition) is 2. The SMILES string of the molecule is Nc1ccncc1CC(O)C(F)(F)Cl.